The topological polar surface area (TPSA) is 26.3 Å². The fourth-order valence-electron chi connectivity index (χ4n) is 10.5. The van der Waals surface area contributed by atoms with Gasteiger partial charge in [0, 0.05) is 26.9 Å². The van der Waals surface area contributed by atoms with E-state index in [9.17, 15) is 0 Å². The van der Waals surface area contributed by atoms with Gasteiger partial charge in [0.1, 0.15) is 22.3 Å². The zero-order chi connectivity index (χ0) is 38.7. The Balaban J connectivity index is 1.09. The summed E-state index contributed by atoms with van der Waals surface area (Å²) in [4.78, 5) is 0. The van der Waals surface area contributed by atoms with Crippen molar-refractivity contribution < 1.29 is 8.83 Å². The van der Waals surface area contributed by atoms with Gasteiger partial charge in [-0.3, -0.25) is 0 Å². The molecule has 0 aliphatic heterocycles. The van der Waals surface area contributed by atoms with Crippen LogP contribution in [0.4, 0.5) is 0 Å². The molecule has 0 saturated carbocycles. The third kappa shape index (κ3) is 4.46. The molecule has 10 aromatic carbocycles. The van der Waals surface area contributed by atoms with E-state index < -0.39 is 5.41 Å². The predicted molar refractivity (Wildman–Crippen MR) is 244 cm³/mol. The number of hydrogen-bond acceptors (Lipinski definition) is 2. The lowest BCUT2D eigenvalue weighted by molar-refractivity contribution is 0.669. The van der Waals surface area contributed by atoms with Gasteiger partial charge in [0.2, 0.25) is 0 Å². The van der Waals surface area contributed by atoms with Crippen molar-refractivity contribution in [3.8, 4) is 33.4 Å². The molecule has 2 heterocycles. The molecule has 13 rings (SSSR count). The summed E-state index contributed by atoms with van der Waals surface area (Å²) >= 11 is 0. The zero-order valence-electron chi connectivity index (χ0n) is 31.9. The Labute approximate surface area is 340 Å². The average molecular weight is 751 g/mol. The highest BCUT2D eigenvalue weighted by Crippen LogP contribution is 2.59. The number of benzene rings is 10. The Morgan fingerprint density at radius 3 is 1.80 bits per heavy atom. The van der Waals surface area contributed by atoms with Crippen LogP contribution in [0.25, 0.3) is 98.8 Å². The summed E-state index contributed by atoms with van der Waals surface area (Å²) < 4.78 is 13.1. The second kappa shape index (κ2) is 12.2. The highest BCUT2D eigenvalue weighted by Gasteiger charge is 2.47. The Bertz CT molecular complexity index is 3620. The van der Waals surface area contributed by atoms with Crippen LogP contribution < -0.4 is 0 Å². The number of furan rings is 2. The van der Waals surface area contributed by atoms with E-state index in [1.54, 1.807) is 0 Å². The minimum atomic E-state index is -0.566. The molecule has 274 valence electrons. The molecule has 0 unspecified atom stereocenters. The third-order valence-electron chi connectivity index (χ3n) is 13.0. The average Bonchev–Trinajstić information content (AvgIpc) is 3.97. The van der Waals surface area contributed by atoms with Gasteiger partial charge in [-0.05, 0) is 108 Å². The van der Waals surface area contributed by atoms with Crippen LogP contribution in [-0.2, 0) is 5.41 Å². The molecule has 0 N–H and O–H groups in total. The van der Waals surface area contributed by atoms with Crippen molar-refractivity contribution in [1.29, 1.82) is 0 Å². The maximum atomic E-state index is 6.68. The fourth-order valence-corrected chi connectivity index (χ4v) is 10.5. The van der Waals surface area contributed by atoms with Gasteiger partial charge >= 0.3 is 0 Å². The minimum Gasteiger partial charge on any atom is -0.456 e. The lowest BCUT2D eigenvalue weighted by Gasteiger charge is -2.34. The molecular formula is C57H34O2. The van der Waals surface area contributed by atoms with Crippen molar-refractivity contribution in [2.45, 2.75) is 5.41 Å². The van der Waals surface area contributed by atoms with Gasteiger partial charge in [0.25, 0.3) is 0 Å². The molecule has 0 amide bonds. The fraction of sp³-hybridized carbons (Fsp3) is 0.0175. The van der Waals surface area contributed by atoms with Crippen LogP contribution in [0.1, 0.15) is 22.3 Å². The van der Waals surface area contributed by atoms with Crippen LogP contribution in [0.15, 0.2) is 215 Å². The molecule has 0 atom stereocenters. The quantitative estimate of drug-likeness (QED) is 0.179. The summed E-state index contributed by atoms with van der Waals surface area (Å²) in [5, 5.41) is 9.32. The van der Waals surface area contributed by atoms with Crippen LogP contribution in [-0.4, -0.2) is 0 Å². The predicted octanol–water partition coefficient (Wildman–Crippen LogP) is 15.5. The minimum absolute atomic E-state index is 0.566. The summed E-state index contributed by atoms with van der Waals surface area (Å²) in [5.41, 5.74) is 15.3. The maximum Gasteiger partial charge on any atom is 0.143 e. The summed E-state index contributed by atoms with van der Waals surface area (Å²) in [6, 6.07) is 75.2. The normalized spacial score (nSPS) is 13.2. The molecule has 2 aromatic heterocycles. The number of rotatable bonds is 4. The summed E-state index contributed by atoms with van der Waals surface area (Å²) in [6.45, 7) is 0. The number of hydrogen-bond donors (Lipinski definition) is 0. The summed E-state index contributed by atoms with van der Waals surface area (Å²) in [7, 11) is 0. The molecule has 0 radical (unpaired) electrons. The number of para-hydroxylation sites is 1. The number of fused-ring (bicyclic) bond motifs is 13. The summed E-state index contributed by atoms with van der Waals surface area (Å²) in [5.74, 6) is 0. The molecule has 59 heavy (non-hydrogen) atoms. The van der Waals surface area contributed by atoms with E-state index in [4.69, 9.17) is 8.83 Å². The first-order valence-corrected chi connectivity index (χ1v) is 20.3. The van der Waals surface area contributed by atoms with E-state index >= 15 is 0 Å². The van der Waals surface area contributed by atoms with E-state index in [-0.39, 0.29) is 0 Å². The molecule has 0 bridgehead atoms. The lowest BCUT2D eigenvalue weighted by atomic mass is 9.67. The Morgan fingerprint density at radius 1 is 0.322 bits per heavy atom. The first kappa shape index (κ1) is 32.4. The van der Waals surface area contributed by atoms with Crippen LogP contribution in [0.2, 0.25) is 0 Å². The molecule has 2 heteroatoms. The second-order valence-corrected chi connectivity index (χ2v) is 15.9. The third-order valence-corrected chi connectivity index (χ3v) is 13.0. The molecule has 1 aliphatic rings. The van der Waals surface area contributed by atoms with E-state index in [0.717, 1.165) is 54.8 Å². The van der Waals surface area contributed by atoms with Crippen molar-refractivity contribution in [3.63, 3.8) is 0 Å². The monoisotopic (exact) mass is 750 g/mol. The van der Waals surface area contributed by atoms with Gasteiger partial charge in [-0.25, -0.2) is 0 Å². The lowest BCUT2D eigenvalue weighted by Crippen LogP contribution is -2.28. The second-order valence-electron chi connectivity index (χ2n) is 15.9. The summed E-state index contributed by atoms with van der Waals surface area (Å²) in [6.07, 6.45) is 0. The van der Waals surface area contributed by atoms with Gasteiger partial charge in [-0.2, -0.15) is 0 Å². The highest BCUT2D eigenvalue weighted by molar-refractivity contribution is 6.19. The molecule has 0 spiro atoms. The van der Waals surface area contributed by atoms with Crippen molar-refractivity contribution in [3.05, 3.63) is 229 Å². The molecule has 0 saturated heterocycles. The van der Waals surface area contributed by atoms with Crippen molar-refractivity contribution in [1.82, 2.24) is 0 Å². The SMILES string of the molecule is c1ccc(C2(c3ccccc3)c3cc(-c4cccc5oc6c7ccccc7ccc6c45)ccc3-c3c2ccc2c(-c4ccc5c(c4)oc4ccccc45)cccc32)cc1. The smallest absolute Gasteiger partial charge is 0.143 e. The standard InChI is InChI=1S/C57H34O2/c1-3-14-38(15-4-1)57(39-16-5-2-6-17-39)49-32-31-43-40(37-26-28-45-44-19-9-10-23-51(44)58-53(45)34-37)20-11-22-46(43)54(49)47-29-27-36(33-50(47)57)41-21-12-24-52-55(41)48-30-25-35-13-7-8-18-42(35)56(48)59-52/h1-34H. The Hall–Kier alpha value is -7.68. The van der Waals surface area contributed by atoms with E-state index in [1.807, 2.05) is 12.1 Å². The largest absolute Gasteiger partial charge is 0.456 e. The van der Waals surface area contributed by atoms with Gasteiger partial charge in [0.05, 0.1) is 5.41 Å². The Kier molecular flexibility index (Phi) is 6.68. The van der Waals surface area contributed by atoms with E-state index in [2.05, 4.69) is 194 Å². The van der Waals surface area contributed by atoms with Gasteiger partial charge < -0.3 is 8.83 Å². The molecule has 0 fully saturated rings. The van der Waals surface area contributed by atoms with Crippen LogP contribution in [0.5, 0.6) is 0 Å². The first-order valence-electron chi connectivity index (χ1n) is 20.3. The maximum absolute atomic E-state index is 6.68. The zero-order valence-corrected chi connectivity index (χ0v) is 31.9. The van der Waals surface area contributed by atoms with Crippen molar-refractivity contribution >= 4 is 65.4 Å². The first-order chi connectivity index (χ1) is 29.3. The highest BCUT2D eigenvalue weighted by atomic mass is 16.3. The molecule has 12 aromatic rings. The van der Waals surface area contributed by atoms with Crippen molar-refractivity contribution in [2.24, 2.45) is 0 Å². The van der Waals surface area contributed by atoms with Gasteiger partial charge in [-0.15, -0.1) is 0 Å². The van der Waals surface area contributed by atoms with Crippen LogP contribution in [0.3, 0.4) is 0 Å². The van der Waals surface area contributed by atoms with Gasteiger partial charge in [-0.1, -0.05) is 170 Å². The Morgan fingerprint density at radius 2 is 0.949 bits per heavy atom. The molecule has 2 nitrogen and oxygen atoms in total. The van der Waals surface area contributed by atoms with Gasteiger partial charge in [0.15, 0.2) is 0 Å². The van der Waals surface area contributed by atoms with Crippen LogP contribution >= 0.6 is 0 Å². The molecule has 1 aliphatic carbocycles. The van der Waals surface area contributed by atoms with E-state index in [1.165, 1.54) is 66.2 Å². The van der Waals surface area contributed by atoms with Crippen molar-refractivity contribution in [2.75, 3.05) is 0 Å². The van der Waals surface area contributed by atoms with Crippen LogP contribution in [0, 0.1) is 0 Å². The molecular weight excluding hydrogens is 717 g/mol. The van der Waals surface area contributed by atoms with E-state index in [0.29, 0.717) is 0 Å².